The van der Waals surface area contributed by atoms with E-state index in [0.717, 1.165) is 58.1 Å². The molecule has 0 spiro atoms. The smallest absolute Gasteiger partial charge is 0.236 e. The Balaban J connectivity index is 1.19. The number of allylic oxidation sites excluding steroid dienone is 2. The molecule has 0 saturated carbocycles. The number of amides is 1. The van der Waals surface area contributed by atoms with Gasteiger partial charge in [-0.25, -0.2) is 9.97 Å². The van der Waals surface area contributed by atoms with Crippen molar-refractivity contribution in [3.8, 4) is 0 Å². The Morgan fingerprint density at radius 3 is 2.64 bits per heavy atom. The van der Waals surface area contributed by atoms with Gasteiger partial charge in [0.25, 0.3) is 0 Å². The quantitative estimate of drug-likeness (QED) is 0.660. The number of thioether (sulfide) groups is 2. The number of aromatic nitrogens is 2. The van der Waals surface area contributed by atoms with Crippen LogP contribution in [0.1, 0.15) is 19.8 Å². The summed E-state index contributed by atoms with van der Waals surface area (Å²) < 4.78 is 0.402. The summed E-state index contributed by atoms with van der Waals surface area (Å²) in [5.74, 6) is 1.66. The number of hydrogen-bond acceptors (Lipinski definition) is 7. The van der Waals surface area contributed by atoms with E-state index < -0.39 is 0 Å². The van der Waals surface area contributed by atoms with Crippen LogP contribution >= 0.6 is 23.5 Å². The molecule has 4 rings (SSSR count). The minimum Gasteiger partial charge on any atom is -0.338 e. The van der Waals surface area contributed by atoms with Crippen molar-refractivity contribution in [1.29, 1.82) is 0 Å². The Hall–Kier alpha value is -1.51. The van der Waals surface area contributed by atoms with Gasteiger partial charge in [0, 0.05) is 51.3 Å². The largest absolute Gasteiger partial charge is 0.338 e. The average Bonchev–Trinajstić information content (AvgIpc) is 3.01. The van der Waals surface area contributed by atoms with E-state index in [4.69, 9.17) is 0 Å². The van der Waals surface area contributed by atoms with Crippen LogP contribution < -0.4 is 4.90 Å². The average molecular weight is 418 g/mol. The Kier molecular flexibility index (Phi) is 6.59. The summed E-state index contributed by atoms with van der Waals surface area (Å²) in [6, 6.07) is 1.85. The van der Waals surface area contributed by atoms with Gasteiger partial charge < -0.3 is 9.80 Å². The Morgan fingerprint density at radius 2 is 1.86 bits per heavy atom. The maximum atomic E-state index is 12.4. The highest BCUT2D eigenvalue weighted by Gasteiger charge is 2.27. The van der Waals surface area contributed by atoms with E-state index >= 15 is 0 Å². The van der Waals surface area contributed by atoms with Gasteiger partial charge in [-0.3, -0.25) is 9.69 Å². The van der Waals surface area contributed by atoms with Crippen molar-refractivity contribution < 1.29 is 4.79 Å². The summed E-state index contributed by atoms with van der Waals surface area (Å²) in [6.07, 6.45) is 10.1. The molecule has 0 aliphatic carbocycles. The zero-order chi connectivity index (χ0) is 19.3. The summed E-state index contributed by atoms with van der Waals surface area (Å²) in [5.41, 5.74) is 1.29. The van der Waals surface area contributed by atoms with E-state index in [1.54, 1.807) is 24.2 Å². The Morgan fingerprint density at radius 1 is 1.11 bits per heavy atom. The summed E-state index contributed by atoms with van der Waals surface area (Å²) in [6.45, 7) is 8.11. The fourth-order valence-electron chi connectivity index (χ4n) is 3.72. The first-order chi connectivity index (χ1) is 13.7. The molecule has 3 aliphatic rings. The molecule has 4 heterocycles. The van der Waals surface area contributed by atoms with E-state index in [0.29, 0.717) is 10.3 Å². The number of carbonyl (C=O) groups is 1. The first kappa shape index (κ1) is 19.8. The van der Waals surface area contributed by atoms with Gasteiger partial charge in [0.15, 0.2) is 0 Å². The zero-order valence-corrected chi connectivity index (χ0v) is 17.9. The summed E-state index contributed by atoms with van der Waals surface area (Å²) in [5, 5.41) is 0. The van der Waals surface area contributed by atoms with Gasteiger partial charge in [0.05, 0.1) is 10.3 Å². The zero-order valence-electron chi connectivity index (χ0n) is 16.3. The molecule has 6 nitrogen and oxygen atoms in total. The molecule has 1 atom stereocenters. The topological polar surface area (TPSA) is 52.6 Å². The highest BCUT2D eigenvalue weighted by Crippen LogP contribution is 2.43. The van der Waals surface area contributed by atoms with Gasteiger partial charge in [-0.05, 0) is 48.9 Å². The maximum absolute atomic E-state index is 12.4. The molecule has 1 amide bonds. The predicted molar refractivity (Wildman–Crippen MR) is 117 cm³/mol. The number of unbranched alkanes of at least 4 members (excludes halogenated alkanes) is 1. The lowest BCUT2D eigenvalue weighted by molar-refractivity contribution is -0.125. The molecule has 0 radical (unpaired) electrons. The number of fused-ring (bicyclic) bond motifs is 1. The molecular formula is C20H27N5OS2. The van der Waals surface area contributed by atoms with Crippen LogP contribution in [0.15, 0.2) is 41.2 Å². The number of hydrogen-bond donors (Lipinski definition) is 0. The highest BCUT2D eigenvalue weighted by atomic mass is 32.2. The van der Waals surface area contributed by atoms with Crippen LogP contribution in [0.3, 0.4) is 0 Å². The van der Waals surface area contributed by atoms with Crippen molar-refractivity contribution in [2.45, 2.75) is 24.3 Å². The monoisotopic (exact) mass is 417 g/mol. The molecule has 0 bridgehead atoms. The number of piperazine rings is 1. The van der Waals surface area contributed by atoms with Crippen LogP contribution in [-0.4, -0.2) is 75.3 Å². The van der Waals surface area contributed by atoms with Gasteiger partial charge in [0.1, 0.15) is 0 Å². The molecule has 150 valence electrons. The SMILES string of the molecule is CC1=CC2=CN(CCCCN3CCN(c4ncccn4)CC3)C(=O)CSC2S1. The Labute approximate surface area is 175 Å². The second kappa shape index (κ2) is 9.33. The third-order valence-electron chi connectivity index (χ3n) is 5.25. The lowest BCUT2D eigenvalue weighted by Gasteiger charge is -2.34. The highest BCUT2D eigenvalue weighted by molar-refractivity contribution is 8.19. The van der Waals surface area contributed by atoms with Gasteiger partial charge in [-0.1, -0.05) is 0 Å². The number of nitrogens with zero attached hydrogens (tertiary/aromatic N) is 5. The lowest BCUT2D eigenvalue weighted by atomic mass is 10.2. The first-order valence-corrected chi connectivity index (χ1v) is 11.8. The van der Waals surface area contributed by atoms with Crippen LogP contribution in [0.25, 0.3) is 0 Å². The second-order valence-corrected chi connectivity index (χ2v) is 10.1. The van der Waals surface area contributed by atoms with Crippen molar-refractivity contribution in [3.63, 3.8) is 0 Å². The van der Waals surface area contributed by atoms with E-state index in [-0.39, 0.29) is 5.91 Å². The second-order valence-electron chi connectivity index (χ2n) is 7.32. The standard InChI is InChI=1S/C20H27N5OS2/c1-16-13-17-14-25(18(26)15-27-19(17)28-16)8-3-2-7-23-9-11-24(12-10-23)20-21-5-4-6-22-20/h4-6,13-14,19H,2-3,7-12,15H2,1H3. The number of rotatable bonds is 6. The minimum atomic E-state index is 0.245. The molecule has 1 aromatic heterocycles. The summed E-state index contributed by atoms with van der Waals surface area (Å²) in [7, 11) is 0. The molecule has 1 saturated heterocycles. The number of carbonyl (C=O) groups excluding carboxylic acids is 1. The lowest BCUT2D eigenvalue weighted by Crippen LogP contribution is -2.47. The Bertz CT molecular complexity index is 746. The van der Waals surface area contributed by atoms with Crippen LogP contribution in [-0.2, 0) is 4.79 Å². The third kappa shape index (κ3) is 4.90. The van der Waals surface area contributed by atoms with E-state index in [1.807, 2.05) is 22.7 Å². The maximum Gasteiger partial charge on any atom is 0.236 e. The molecule has 3 aliphatic heterocycles. The van der Waals surface area contributed by atoms with Crippen molar-refractivity contribution in [2.75, 3.05) is 49.9 Å². The normalized spacial score (nSPS) is 23.3. The van der Waals surface area contributed by atoms with E-state index in [2.05, 4.69) is 39.0 Å². The molecule has 1 aromatic rings. The van der Waals surface area contributed by atoms with Crippen molar-refractivity contribution in [3.05, 3.63) is 41.2 Å². The molecule has 28 heavy (non-hydrogen) atoms. The van der Waals surface area contributed by atoms with E-state index in [9.17, 15) is 4.79 Å². The fourth-order valence-corrected chi connectivity index (χ4v) is 6.24. The van der Waals surface area contributed by atoms with Gasteiger partial charge >= 0.3 is 0 Å². The van der Waals surface area contributed by atoms with Gasteiger partial charge in [-0.2, -0.15) is 0 Å². The van der Waals surface area contributed by atoms with Crippen LogP contribution in [0.5, 0.6) is 0 Å². The van der Waals surface area contributed by atoms with Crippen molar-refractivity contribution in [1.82, 2.24) is 19.8 Å². The van der Waals surface area contributed by atoms with Crippen LogP contribution in [0.4, 0.5) is 5.95 Å². The van der Waals surface area contributed by atoms with Crippen molar-refractivity contribution in [2.24, 2.45) is 0 Å². The van der Waals surface area contributed by atoms with Crippen molar-refractivity contribution >= 4 is 35.4 Å². The molecule has 8 heteroatoms. The van der Waals surface area contributed by atoms with Gasteiger partial charge in [0.2, 0.25) is 11.9 Å². The molecule has 0 aromatic carbocycles. The minimum absolute atomic E-state index is 0.245. The fraction of sp³-hybridized carbons (Fsp3) is 0.550. The predicted octanol–water partition coefficient (Wildman–Crippen LogP) is 2.81. The molecule has 0 N–H and O–H groups in total. The van der Waals surface area contributed by atoms with Crippen LogP contribution in [0.2, 0.25) is 0 Å². The first-order valence-electron chi connectivity index (χ1n) is 9.91. The molecule has 1 fully saturated rings. The third-order valence-corrected chi connectivity index (χ3v) is 7.91. The number of anilines is 1. The van der Waals surface area contributed by atoms with Crippen LogP contribution in [0, 0.1) is 0 Å². The summed E-state index contributed by atoms with van der Waals surface area (Å²) >= 11 is 3.63. The molecular weight excluding hydrogens is 390 g/mol. The summed E-state index contributed by atoms with van der Waals surface area (Å²) in [4.78, 5) is 29.1. The van der Waals surface area contributed by atoms with Gasteiger partial charge in [-0.15, -0.1) is 23.5 Å². The molecule has 1 unspecified atom stereocenters. The van der Waals surface area contributed by atoms with E-state index in [1.165, 1.54) is 10.5 Å².